The van der Waals surface area contributed by atoms with Crippen LogP contribution in [0.25, 0.3) is 0 Å². The lowest BCUT2D eigenvalue weighted by Crippen LogP contribution is -2.52. The van der Waals surface area contributed by atoms with E-state index in [0.717, 1.165) is 18.5 Å². The summed E-state index contributed by atoms with van der Waals surface area (Å²) in [6, 6.07) is 10.1. The summed E-state index contributed by atoms with van der Waals surface area (Å²) in [6.07, 6.45) is 2.34. The average molecular weight is 432 g/mol. The van der Waals surface area contributed by atoms with Crippen LogP contribution < -0.4 is 10.2 Å². The molecule has 0 spiro atoms. The van der Waals surface area contributed by atoms with Crippen molar-refractivity contribution in [3.05, 3.63) is 47.1 Å². The van der Waals surface area contributed by atoms with E-state index in [1.807, 2.05) is 18.2 Å². The molecule has 7 nitrogen and oxygen atoms in total. The Bertz CT molecular complexity index is 872. The maximum atomic E-state index is 11.6. The second-order valence-electron chi connectivity index (χ2n) is 8.81. The van der Waals surface area contributed by atoms with Gasteiger partial charge in [-0.25, -0.2) is 4.79 Å². The molecule has 162 valence electrons. The summed E-state index contributed by atoms with van der Waals surface area (Å²) in [5, 5.41) is 21.7. The quantitative estimate of drug-likeness (QED) is 0.706. The molecule has 0 saturated carbocycles. The molecule has 3 rings (SSSR count). The number of anilines is 2. The number of halogens is 1. The molecule has 30 heavy (non-hydrogen) atoms. The van der Waals surface area contributed by atoms with E-state index in [1.54, 1.807) is 13.2 Å². The Labute approximate surface area is 183 Å². The van der Waals surface area contributed by atoms with Crippen molar-refractivity contribution < 1.29 is 9.90 Å². The van der Waals surface area contributed by atoms with Gasteiger partial charge in [-0.1, -0.05) is 62.7 Å². The van der Waals surface area contributed by atoms with Crippen LogP contribution in [0.2, 0.25) is 5.02 Å². The lowest BCUT2D eigenvalue weighted by molar-refractivity contribution is 0.121. The van der Waals surface area contributed by atoms with Crippen LogP contribution in [-0.4, -0.2) is 58.5 Å². The minimum Gasteiger partial charge on any atom is -0.465 e. The fraction of sp³-hybridized carbons (Fsp3) is 0.500. The first-order chi connectivity index (χ1) is 14.2. The highest BCUT2D eigenvalue weighted by Gasteiger charge is 2.45. The second-order valence-corrected chi connectivity index (χ2v) is 9.19. The van der Waals surface area contributed by atoms with E-state index in [2.05, 4.69) is 53.3 Å². The van der Waals surface area contributed by atoms with E-state index in [1.165, 1.54) is 10.5 Å². The number of likely N-dealkylation sites (N-methyl/N-ethyl adjacent to an activating group) is 1. The Morgan fingerprint density at radius 2 is 2.03 bits per heavy atom. The molecule has 1 fully saturated rings. The minimum atomic E-state index is -0.918. The number of nitrogens with zero attached hydrogens (tertiary/aromatic N) is 4. The van der Waals surface area contributed by atoms with Crippen molar-refractivity contribution in [2.45, 2.75) is 45.7 Å². The Hall–Kier alpha value is -2.54. The van der Waals surface area contributed by atoms with Crippen LogP contribution in [0, 0.1) is 5.41 Å². The summed E-state index contributed by atoms with van der Waals surface area (Å²) in [7, 11) is 1.64. The second kappa shape index (κ2) is 9.08. The third kappa shape index (κ3) is 4.78. The van der Waals surface area contributed by atoms with Crippen LogP contribution in [-0.2, 0) is 6.42 Å². The fourth-order valence-electron chi connectivity index (χ4n) is 4.28. The van der Waals surface area contributed by atoms with Gasteiger partial charge in [0.15, 0.2) is 5.82 Å². The van der Waals surface area contributed by atoms with Gasteiger partial charge >= 0.3 is 6.09 Å². The zero-order valence-corrected chi connectivity index (χ0v) is 18.7. The van der Waals surface area contributed by atoms with E-state index in [-0.39, 0.29) is 17.5 Å². The summed E-state index contributed by atoms with van der Waals surface area (Å²) < 4.78 is 0. The highest BCUT2D eigenvalue weighted by atomic mass is 35.5. The zero-order valence-electron chi connectivity index (χ0n) is 18.0. The third-order valence-electron chi connectivity index (χ3n) is 5.68. The molecule has 2 N–H and O–H groups in total. The standard InChI is InChI=1S/C22H30ClN5O2/c1-22(2,3)19-16(27(4)21(29)30)11-13-28(19)17-14-25-26-20(18(17)23)24-12-10-15-8-6-5-7-9-15/h5-9,14,16,19H,10-13H2,1-4H3,(H,24,26)(H,29,30). The van der Waals surface area contributed by atoms with Crippen molar-refractivity contribution >= 4 is 29.2 Å². The number of hydrogen-bond donors (Lipinski definition) is 2. The van der Waals surface area contributed by atoms with E-state index >= 15 is 0 Å². The number of rotatable bonds is 6. The van der Waals surface area contributed by atoms with Gasteiger partial charge in [0.05, 0.1) is 24.0 Å². The van der Waals surface area contributed by atoms with Crippen LogP contribution in [0.5, 0.6) is 0 Å². The highest BCUT2D eigenvalue weighted by molar-refractivity contribution is 6.35. The number of carboxylic acid groups (broad SMARTS) is 1. The van der Waals surface area contributed by atoms with Crippen LogP contribution in [0.15, 0.2) is 36.5 Å². The molecule has 0 aliphatic carbocycles. The molecule has 1 amide bonds. The average Bonchev–Trinajstić information content (AvgIpc) is 3.15. The number of carbonyl (C=O) groups is 1. The molecular formula is C22H30ClN5O2. The molecule has 1 aliphatic heterocycles. The van der Waals surface area contributed by atoms with Gasteiger partial charge in [0.25, 0.3) is 0 Å². The summed E-state index contributed by atoms with van der Waals surface area (Å²) in [5.41, 5.74) is 1.87. The van der Waals surface area contributed by atoms with E-state index in [4.69, 9.17) is 11.6 Å². The molecule has 2 heterocycles. The largest absolute Gasteiger partial charge is 0.465 e. The van der Waals surface area contributed by atoms with Crippen molar-refractivity contribution in [3.63, 3.8) is 0 Å². The van der Waals surface area contributed by atoms with Gasteiger partial charge in [-0.2, -0.15) is 5.10 Å². The number of hydrogen-bond acceptors (Lipinski definition) is 5. The molecule has 1 aliphatic rings. The Morgan fingerprint density at radius 1 is 1.33 bits per heavy atom. The van der Waals surface area contributed by atoms with Crippen molar-refractivity contribution in [3.8, 4) is 0 Å². The molecular weight excluding hydrogens is 402 g/mol. The van der Waals surface area contributed by atoms with Crippen LogP contribution in [0.4, 0.5) is 16.3 Å². The van der Waals surface area contributed by atoms with E-state index in [0.29, 0.717) is 23.9 Å². The predicted octanol–water partition coefficient (Wildman–Crippen LogP) is 4.39. The van der Waals surface area contributed by atoms with Gasteiger partial charge < -0.3 is 20.2 Å². The van der Waals surface area contributed by atoms with Gasteiger partial charge in [-0.3, -0.25) is 0 Å². The predicted molar refractivity (Wildman–Crippen MR) is 120 cm³/mol. The van der Waals surface area contributed by atoms with Crippen molar-refractivity contribution in [1.29, 1.82) is 0 Å². The van der Waals surface area contributed by atoms with E-state index < -0.39 is 6.09 Å². The zero-order chi connectivity index (χ0) is 21.9. The first-order valence-corrected chi connectivity index (χ1v) is 10.6. The van der Waals surface area contributed by atoms with Crippen LogP contribution in [0.1, 0.15) is 32.8 Å². The van der Waals surface area contributed by atoms with Crippen LogP contribution in [0.3, 0.4) is 0 Å². The van der Waals surface area contributed by atoms with Gasteiger partial charge in [0, 0.05) is 20.1 Å². The maximum Gasteiger partial charge on any atom is 0.407 e. The number of aromatic nitrogens is 2. The number of amides is 1. The monoisotopic (exact) mass is 431 g/mol. The van der Waals surface area contributed by atoms with Gasteiger partial charge in [0.2, 0.25) is 0 Å². The molecule has 8 heteroatoms. The topological polar surface area (TPSA) is 81.6 Å². The Kier molecular flexibility index (Phi) is 6.71. The summed E-state index contributed by atoms with van der Waals surface area (Å²) in [4.78, 5) is 15.2. The van der Waals surface area contributed by atoms with Crippen molar-refractivity contribution in [1.82, 2.24) is 15.1 Å². The molecule has 2 unspecified atom stereocenters. The summed E-state index contributed by atoms with van der Waals surface area (Å²) in [5.74, 6) is 0.549. The minimum absolute atomic E-state index is 0.0301. The Balaban J connectivity index is 1.80. The Morgan fingerprint density at radius 3 is 2.67 bits per heavy atom. The smallest absolute Gasteiger partial charge is 0.407 e. The maximum absolute atomic E-state index is 11.6. The normalized spacial score (nSPS) is 19.0. The molecule has 1 saturated heterocycles. The molecule has 1 aromatic carbocycles. The lowest BCUT2D eigenvalue weighted by atomic mass is 9.82. The van der Waals surface area contributed by atoms with Gasteiger partial charge in [0.1, 0.15) is 5.02 Å². The number of benzene rings is 1. The highest BCUT2D eigenvalue weighted by Crippen LogP contribution is 2.41. The van der Waals surface area contributed by atoms with Gasteiger partial charge in [-0.05, 0) is 23.8 Å². The number of nitrogens with one attached hydrogen (secondary N) is 1. The van der Waals surface area contributed by atoms with Crippen molar-refractivity contribution in [2.75, 3.05) is 30.4 Å². The summed E-state index contributed by atoms with van der Waals surface area (Å²) in [6.45, 7) is 7.77. The SMILES string of the molecule is CN(C(=O)O)C1CCN(c2cnnc(NCCc3ccccc3)c2Cl)C1C(C)(C)C. The molecule has 2 atom stereocenters. The van der Waals surface area contributed by atoms with Gasteiger partial charge in [-0.15, -0.1) is 5.10 Å². The molecule has 0 bridgehead atoms. The van der Waals surface area contributed by atoms with E-state index in [9.17, 15) is 9.90 Å². The van der Waals surface area contributed by atoms with Crippen LogP contribution >= 0.6 is 11.6 Å². The summed E-state index contributed by atoms with van der Waals surface area (Å²) >= 11 is 6.74. The first-order valence-electron chi connectivity index (χ1n) is 10.2. The third-order valence-corrected chi connectivity index (χ3v) is 6.05. The fourth-order valence-corrected chi connectivity index (χ4v) is 4.55. The molecule has 0 radical (unpaired) electrons. The molecule has 2 aromatic rings. The van der Waals surface area contributed by atoms with Crippen molar-refractivity contribution in [2.24, 2.45) is 5.41 Å². The molecule has 1 aromatic heterocycles. The lowest BCUT2D eigenvalue weighted by Gasteiger charge is -2.41. The first kappa shape index (κ1) is 22.2.